The largest absolute Gasteiger partial charge is 0.438 e. The highest BCUT2D eigenvalue weighted by Crippen LogP contribution is 2.26. The number of carbonyl (C=O) groups is 1. The molecule has 2 rings (SSSR count). The van der Waals surface area contributed by atoms with Crippen molar-refractivity contribution in [2.45, 2.75) is 13.5 Å². The smallest absolute Gasteiger partial charge is 0.222 e. The van der Waals surface area contributed by atoms with Crippen molar-refractivity contribution in [2.24, 2.45) is 0 Å². The third kappa shape index (κ3) is 2.55. The van der Waals surface area contributed by atoms with Gasteiger partial charge in [-0.15, -0.1) is 0 Å². The number of aromatic nitrogens is 1. The molecule has 1 aromatic carbocycles. The van der Waals surface area contributed by atoms with Crippen LogP contribution in [0, 0.1) is 6.92 Å². The second-order valence-corrected chi connectivity index (χ2v) is 3.88. The molecule has 0 fully saturated rings. The van der Waals surface area contributed by atoms with E-state index in [0.717, 1.165) is 11.8 Å². The fourth-order valence-electron chi connectivity index (χ4n) is 1.59. The zero-order valence-corrected chi connectivity index (χ0v) is 9.96. The number of aliphatic hydroxyl groups excluding tert-OH is 1. The fourth-order valence-corrected chi connectivity index (χ4v) is 1.59. The normalized spacial score (nSPS) is 10.1. The number of aryl methyl sites for hydroxylation is 1. The Hall–Kier alpha value is -2.20. The molecular weight excluding hydrogens is 230 g/mol. The Balaban J connectivity index is 2.31. The van der Waals surface area contributed by atoms with Crippen molar-refractivity contribution in [1.29, 1.82) is 0 Å². The summed E-state index contributed by atoms with van der Waals surface area (Å²) >= 11 is 0. The molecule has 0 aliphatic heterocycles. The summed E-state index contributed by atoms with van der Waals surface area (Å²) in [6.07, 6.45) is 2.20. The molecule has 2 aromatic rings. The average Bonchev–Trinajstić information content (AvgIpc) is 2.41. The summed E-state index contributed by atoms with van der Waals surface area (Å²) in [6.45, 7) is 1.72. The van der Waals surface area contributed by atoms with Crippen molar-refractivity contribution < 1.29 is 14.6 Å². The van der Waals surface area contributed by atoms with Gasteiger partial charge in [0.05, 0.1) is 6.61 Å². The third-order valence-electron chi connectivity index (χ3n) is 2.54. The summed E-state index contributed by atoms with van der Waals surface area (Å²) in [7, 11) is 0. The zero-order chi connectivity index (χ0) is 13.0. The maximum absolute atomic E-state index is 10.6. The fraction of sp³-hybridized carbons (Fsp3) is 0.143. The van der Waals surface area contributed by atoms with Crippen molar-refractivity contribution >= 4 is 6.29 Å². The van der Waals surface area contributed by atoms with E-state index in [2.05, 4.69) is 4.98 Å². The van der Waals surface area contributed by atoms with E-state index >= 15 is 0 Å². The molecule has 0 aliphatic carbocycles. The highest BCUT2D eigenvalue weighted by atomic mass is 16.5. The molecule has 18 heavy (non-hydrogen) atoms. The van der Waals surface area contributed by atoms with Crippen LogP contribution in [0.4, 0.5) is 0 Å². The molecule has 92 valence electrons. The Morgan fingerprint density at radius 1 is 1.39 bits per heavy atom. The van der Waals surface area contributed by atoms with Crippen LogP contribution >= 0.6 is 0 Å². The van der Waals surface area contributed by atoms with Gasteiger partial charge in [0.2, 0.25) is 5.88 Å². The van der Waals surface area contributed by atoms with E-state index in [4.69, 9.17) is 4.74 Å². The van der Waals surface area contributed by atoms with Gasteiger partial charge in [-0.1, -0.05) is 18.2 Å². The second kappa shape index (κ2) is 5.42. The monoisotopic (exact) mass is 243 g/mol. The molecule has 1 heterocycles. The van der Waals surface area contributed by atoms with Crippen molar-refractivity contribution in [3.63, 3.8) is 0 Å². The van der Waals surface area contributed by atoms with Crippen molar-refractivity contribution in [2.75, 3.05) is 0 Å². The highest BCUT2D eigenvalue weighted by molar-refractivity contribution is 5.74. The Morgan fingerprint density at radius 2 is 2.17 bits per heavy atom. The maximum atomic E-state index is 10.6. The first-order chi connectivity index (χ1) is 8.74. The summed E-state index contributed by atoms with van der Waals surface area (Å²) in [4.78, 5) is 14.7. The van der Waals surface area contributed by atoms with Gasteiger partial charge in [-0.25, -0.2) is 4.98 Å². The first kappa shape index (κ1) is 12.3. The Kier molecular flexibility index (Phi) is 3.69. The molecule has 1 aromatic heterocycles. The minimum atomic E-state index is -0.0956. The van der Waals surface area contributed by atoms with E-state index in [9.17, 15) is 9.90 Å². The molecule has 0 atom stereocenters. The molecule has 0 saturated carbocycles. The average molecular weight is 243 g/mol. The molecule has 0 saturated heterocycles. The van der Waals surface area contributed by atoms with Gasteiger partial charge in [-0.2, -0.15) is 0 Å². The lowest BCUT2D eigenvalue weighted by molar-refractivity contribution is 0.112. The van der Waals surface area contributed by atoms with Gasteiger partial charge in [-0.3, -0.25) is 4.79 Å². The van der Waals surface area contributed by atoms with Gasteiger partial charge in [0.25, 0.3) is 0 Å². The van der Waals surface area contributed by atoms with E-state index in [0.29, 0.717) is 22.8 Å². The van der Waals surface area contributed by atoms with E-state index in [1.807, 2.05) is 19.1 Å². The van der Waals surface area contributed by atoms with Crippen molar-refractivity contribution in [3.8, 4) is 11.6 Å². The van der Waals surface area contributed by atoms with Crippen LogP contribution < -0.4 is 4.74 Å². The zero-order valence-electron chi connectivity index (χ0n) is 9.96. The molecule has 0 amide bonds. The van der Waals surface area contributed by atoms with Crippen LogP contribution in [-0.4, -0.2) is 16.4 Å². The third-order valence-corrected chi connectivity index (χ3v) is 2.54. The minimum Gasteiger partial charge on any atom is -0.438 e. The lowest BCUT2D eigenvalue weighted by atomic mass is 10.2. The van der Waals surface area contributed by atoms with Crippen LogP contribution in [-0.2, 0) is 6.61 Å². The van der Waals surface area contributed by atoms with E-state index in [1.165, 1.54) is 6.20 Å². The molecule has 0 radical (unpaired) electrons. The molecule has 0 aliphatic rings. The number of aldehydes is 1. The Bertz CT molecular complexity index is 567. The van der Waals surface area contributed by atoms with E-state index in [1.54, 1.807) is 18.2 Å². The van der Waals surface area contributed by atoms with Gasteiger partial charge >= 0.3 is 0 Å². The molecule has 4 heteroatoms. The quantitative estimate of drug-likeness (QED) is 0.838. The van der Waals surface area contributed by atoms with Gasteiger partial charge in [-0.05, 0) is 19.1 Å². The number of ether oxygens (including phenoxy) is 1. The van der Waals surface area contributed by atoms with Gasteiger partial charge in [0.15, 0.2) is 6.29 Å². The van der Waals surface area contributed by atoms with Crippen molar-refractivity contribution in [1.82, 2.24) is 4.98 Å². The number of carbonyl (C=O) groups excluding carboxylic acids is 1. The molecule has 0 bridgehead atoms. The number of para-hydroxylation sites is 1. The summed E-state index contributed by atoms with van der Waals surface area (Å²) in [6, 6.07) is 8.90. The SMILES string of the molecule is Cc1cc(C=O)cnc1Oc1ccccc1CO. The molecule has 0 spiro atoms. The van der Waals surface area contributed by atoms with Crippen LogP contribution in [0.25, 0.3) is 0 Å². The number of pyridine rings is 1. The minimum absolute atomic E-state index is 0.0956. The van der Waals surface area contributed by atoms with Crippen LogP contribution in [0.2, 0.25) is 0 Å². The summed E-state index contributed by atoms with van der Waals surface area (Å²) in [5.41, 5.74) is 1.97. The predicted octanol–water partition coefficient (Wildman–Crippen LogP) is 2.49. The summed E-state index contributed by atoms with van der Waals surface area (Å²) in [5.74, 6) is 0.996. The Labute approximate surface area is 105 Å². The lowest BCUT2D eigenvalue weighted by Gasteiger charge is -2.10. The summed E-state index contributed by atoms with van der Waals surface area (Å²) < 4.78 is 5.64. The number of hydrogen-bond acceptors (Lipinski definition) is 4. The van der Waals surface area contributed by atoms with Gasteiger partial charge in [0.1, 0.15) is 5.75 Å². The van der Waals surface area contributed by atoms with Gasteiger partial charge in [0, 0.05) is 22.9 Å². The second-order valence-electron chi connectivity index (χ2n) is 3.88. The van der Waals surface area contributed by atoms with Crippen LogP contribution in [0.3, 0.4) is 0 Å². The topological polar surface area (TPSA) is 59.4 Å². The first-order valence-electron chi connectivity index (χ1n) is 5.53. The van der Waals surface area contributed by atoms with E-state index in [-0.39, 0.29) is 6.61 Å². The van der Waals surface area contributed by atoms with Crippen molar-refractivity contribution in [3.05, 3.63) is 53.2 Å². The van der Waals surface area contributed by atoms with Crippen LogP contribution in [0.5, 0.6) is 11.6 Å². The first-order valence-corrected chi connectivity index (χ1v) is 5.53. The molecule has 4 nitrogen and oxygen atoms in total. The molecule has 1 N–H and O–H groups in total. The number of nitrogens with zero attached hydrogens (tertiary/aromatic N) is 1. The maximum Gasteiger partial charge on any atom is 0.222 e. The van der Waals surface area contributed by atoms with Crippen LogP contribution in [0.15, 0.2) is 36.5 Å². The number of aliphatic hydroxyl groups is 1. The highest BCUT2D eigenvalue weighted by Gasteiger charge is 2.07. The molecule has 0 unspecified atom stereocenters. The molecular formula is C14H13NO3. The number of rotatable bonds is 4. The standard InChI is InChI=1S/C14H13NO3/c1-10-6-11(8-16)7-15-14(10)18-13-5-3-2-4-12(13)9-17/h2-8,17H,9H2,1H3. The van der Waals surface area contributed by atoms with Crippen LogP contribution in [0.1, 0.15) is 21.5 Å². The summed E-state index contributed by atoms with van der Waals surface area (Å²) in [5, 5.41) is 9.20. The Morgan fingerprint density at radius 3 is 2.83 bits per heavy atom. The number of benzene rings is 1. The predicted molar refractivity (Wildman–Crippen MR) is 66.8 cm³/mol. The van der Waals surface area contributed by atoms with Gasteiger partial charge < -0.3 is 9.84 Å². The number of hydrogen-bond donors (Lipinski definition) is 1. The lowest BCUT2D eigenvalue weighted by Crippen LogP contribution is -1.96. The van der Waals surface area contributed by atoms with E-state index < -0.39 is 0 Å².